The highest BCUT2D eigenvalue weighted by molar-refractivity contribution is 6.30. The summed E-state index contributed by atoms with van der Waals surface area (Å²) in [4.78, 5) is 47.2. The molecule has 1 saturated heterocycles. The maximum absolute atomic E-state index is 14.3. The molecule has 1 aliphatic heterocycles. The fourth-order valence-corrected chi connectivity index (χ4v) is 6.41. The minimum atomic E-state index is -0.918. The van der Waals surface area contributed by atoms with Crippen LogP contribution in [-0.4, -0.2) is 62.8 Å². The number of furan rings is 1. The molecule has 3 aromatic rings. The molecule has 3 heterocycles. The van der Waals surface area contributed by atoms with Crippen molar-refractivity contribution in [2.45, 2.75) is 71.3 Å². The molecule has 10 heteroatoms. The van der Waals surface area contributed by atoms with Gasteiger partial charge in [0.1, 0.15) is 11.3 Å². The molecule has 2 aromatic heterocycles. The molecule has 5 rings (SSSR count). The van der Waals surface area contributed by atoms with Crippen LogP contribution in [0.1, 0.15) is 76.4 Å². The van der Waals surface area contributed by atoms with E-state index in [1.165, 1.54) is 12.1 Å². The average molecular weight is 598 g/mol. The molecule has 1 N–H and O–H groups in total. The number of nitrogens with zero attached hydrogens (tertiary/aromatic N) is 3. The van der Waals surface area contributed by atoms with Gasteiger partial charge in [-0.3, -0.25) is 14.4 Å². The number of aliphatic carboxylic acids is 1. The summed E-state index contributed by atoms with van der Waals surface area (Å²) in [6.45, 7) is 10.8. The van der Waals surface area contributed by atoms with Crippen LogP contribution in [0.3, 0.4) is 0 Å². The van der Waals surface area contributed by atoms with Gasteiger partial charge >= 0.3 is 5.97 Å². The number of amides is 2. The normalized spacial score (nSPS) is 21.0. The maximum Gasteiger partial charge on any atom is 0.307 e. The van der Waals surface area contributed by atoms with Crippen LogP contribution in [0, 0.1) is 17.7 Å². The Morgan fingerprint density at radius 2 is 1.76 bits per heavy atom. The van der Waals surface area contributed by atoms with E-state index in [1.807, 2.05) is 40.7 Å². The van der Waals surface area contributed by atoms with E-state index in [-0.39, 0.29) is 34.6 Å². The zero-order valence-corrected chi connectivity index (χ0v) is 25.4. The van der Waals surface area contributed by atoms with Crippen LogP contribution in [0.25, 0.3) is 22.4 Å². The second kappa shape index (κ2) is 11.0. The van der Waals surface area contributed by atoms with Gasteiger partial charge in [-0.25, -0.2) is 9.37 Å². The minimum Gasteiger partial charge on any atom is -0.481 e. The highest BCUT2D eigenvalue weighted by atomic mass is 35.5. The van der Waals surface area contributed by atoms with Crippen LogP contribution in [0.2, 0.25) is 5.02 Å². The Morgan fingerprint density at radius 3 is 2.38 bits per heavy atom. The third-order valence-corrected chi connectivity index (χ3v) is 8.88. The molecule has 0 bridgehead atoms. The number of halogens is 2. The number of carbonyl (C=O) groups is 3. The Morgan fingerprint density at radius 1 is 1.07 bits per heavy atom. The molecule has 2 aliphatic rings. The number of carboxylic acid groups (broad SMARTS) is 1. The number of rotatable bonds is 4. The van der Waals surface area contributed by atoms with Gasteiger partial charge in [0.25, 0.3) is 5.91 Å². The zero-order chi connectivity index (χ0) is 30.6. The van der Waals surface area contributed by atoms with Gasteiger partial charge in [-0.05, 0) is 50.3 Å². The van der Waals surface area contributed by atoms with Crippen molar-refractivity contribution < 1.29 is 28.3 Å². The molecule has 42 heavy (non-hydrogen) atoms. The first-order valence-corrected chi connectivity index (χ1v) is 14.8. The lowest BCUT2D eigenvalue weighted by Crippen LogP contribution is -2.63. The molecule has 0 spiro atoms. The number of benzene rings is 1. The molecular formula is C32H37ClFN3O5. The standard InChI is InChI=1S/C32H37ClFN3O5/c1-31(2,3)21-15-24(18-10-11-22(33)23(34)14-18)35-25-16-26(42-27(21)25)29(39)37-13-12-36(17-32(37,4)5)28(38)19-8-6-7-9-20(19)30(40)41/h10-11,14-16,19-20H,6-9,12-13,17H2,1-5H3,(H,40,41)/t19-,20+/m1/s1. The van der Waals surface area contributed by atoms with Gasteiger partial charge in [-0.2, -0.15) is 0 Å². The summed E-state index contributed by atoms with van der Waals surface area (Å²) in [6, 6.07) is 8.00. The van der Waals surface area contributed by atoms with Crippen LogP contribution >= 0.6 is 11.6 Å². The van der Waals surface area contributed by atoms with Crippen LogP contribution in [0.15, 0.2) is 34.7 Å². The van der Waals surface area contributed by atoms with Crippen molar-refractivity contribution in [3.05, 3.63) is 52.5 Å². The van der Waals surface area contributed by atoms with Crippen LogP contribution in [0.4, 0.5) is 4.39 Å². The van der Waals surface area contributed by atoms with Crippen molar-refractivity contribution in [3.63, 3.8) is 0 Å². The summed E-state index contributed by atoms with van der Waals surface area (Å²) in [6.07, 6.45) is 2.74. The van der Waals surface area contributed by atoms with Crippen molar-refractivity contribution in [1.29, 1.82) is 0 Å². The van der Waals surface area contributed by atoms with Crippen molar-refractivity contribution >= 4 is 40.5 Å². The number of aromatic nitrogens is 1. The van der Waals surface area contributed by atoms with E-state index in [9.17, 15) is 23.9 Å². The first kappa shape index (κ1) is 30.0. The lowest BCUT2D eigenvalue weighted by molar-refractivity contribution is -0.154. The fraction of sp³-hybridized carbons (Fsp3) is 0.500. The highest BCUT2D eigenvalue weighted by Gasteiger charge is 2.44. The monoisotopic (exact) mass is 597 g/mol. The Labute approximate surface area is 249 Å². The van der Waals surface area contributed by atoms with Crippen LogP contribution in [0.5, 0.6) is 0 Å². The summed E-state index contributed by atoms with van der Waals surface area (Å²) in [5.41, 5.74) is 1.82. The van der Waals surface area contributed by atoms with E-state index in [1.54, 1.807) is 21.9 Å². The predicted octanol–water partition coefficient (Wildman–Crippen LogP) is 6.54. The lowest BCUT2D eigenvalue weighted by atomic mass is 9.78. The topological polar surface area (TPSA) is 104 Å². The van der Waals surface area contributed by atoms with Crippen molar-refractivity contribution in [2.75, 3.05) is 19.6 Å². The molecule has 2 fully saturated rings. The Kier molecular flexibility index (Phi) is 7.85. The van der Waals surface area contributed by atoms with Gasteiger partial charge in [-0.15, -0.1) is 0 Å². The number of carbonyl (C=O) groups excluding carboxylic acids is 2. The minimum absolute atomic E-state index is 0.0249. The van der Waals surface area contributed by atoms with Gasteiger partial charge in [0.2, 0.25) is 5.91 Å². The molecule has 224 valence electrons. The van der Waals surface area contributed by atoms with E-state index < -0.39 is 29.2 Å². The molecule has 8 nitrogen and oxygen atoms in total. The van der Waals surface area contributed by atoms with E-state index in [0.717, 1.165) is 18.4 Å². The van der Waals surface area contributed by atoms with E-state index in [0.29, 0.717) is 48.3 Å². The second-order valence-corrected chi connectivity index (χ2v) is 13.5. The van der Waals surface area contributed by atoms with Crippen LogP contribution < -0.4 is 0 Å². The summed E-state index contributed by atoms with van der Waals surface area (Å²) in [5.74, 6) is -2.98. The van der Waals surface area contributed by atoms with Gasteiger partial charge < -0.3 is 19.3 Å². The van der Waals surface area contributed by atoms with Crippen molar-refractivity contribution in [2.24, 2.45) is 11.8 Å². The molecular weight excluding hydrogens is 561 g/mol. The fourth-order valence-electron chi connectivity index (χ4n) is 6.30. The highest BCUT2D eigenvalue weighted by Crippen LogP contribution is 2.37. The van der Waals surface area contributed by atoms with Crippen LogP contribution in [-0.2, 0) is 15.0 Å². The predicted molar refractivity (Wildman–Crippen MR) is 158 cm³/mol. The molecule has 1 aliphatic carbocycles. The number of fused-ring (bicyclic) bond motifs is 1. The number of hydrogen-bond acceptors (Lipinski definition) is 5. The zero-order valence-electron chi connectivity index (χ0n) is 24.7. The number of piperazine rings is 1. The number of carboxylic acids is 1. The summed E-state index contributed by atoms with van der Waals surface area (Å²) >= 11 is 5.89. The summed E-state index contributed by atoms with van der Waals surface area (Å²) in [5, 5.41) is 9.70. The quantitative estimate of drug-likeness (QED) is 0.366. The molecule has 2 amide bonds. The first-order valence-electron chi connectivity index (χ1n) is 14.4. The third kappa shape index (κ3) is 5.63. The molecule has 0 unspecified atom stereocenters. The third-order valence-electron chi connectivity index (χ3n) is 8.57. The van der Waals surface area contributed by atoms with Gasteiger partial charge in [-0.1, -0.05) is 51.3 Å². The van der Waals surface area contributed by atoms with Crippen molar-refractivity contribution in [1.82, 2.24) is 14.8 Å². The van der Waals surface area contributed by atoms with E-state index in [4.69, 9.17) is 21.0 Å². The molecule has 0 radical (unpaired) electrons. The van der Waals surface area contributed by atoms with Gasteiger partial charge in [0, 0.05) is 36.8 Å². The second-order valence-electron chi connectivity index (χ2n) is 13.1. The van der Waals surface area contributed by atoms with E-state index >= 15 is 0 Å². The molecule has 2 atom stereocenters. The first-order chi connectivity index (χ1) is 19.7. The molecule has 1 aromatic carbocycles. The summed E-state index contributed by atoms with van der Waals surface area (Å²) < 4.78 is 20.4. The average Bonchev–Trinajstić information content (AvgIpc) is 3.36. The Bertz CT molecular complexity index is 1560. The van der Waals surface area contributed by atoms with E-state index in [2.05, 4.69) is 0 Å². The summed E-state index contributed by atoms with van der Waals surface area (Å²) in [7, 11) is 0. The smallest absolute Gasteiger partial charge is 0.307 e. The lowest BCUT2D eigenvalue weighted by Gasteiger charge is -2.48. The largest absolute Gasteiger partial charge is 0.481 e. The maximum atomic E-state index is 14.3. The van der Waals surface area contributed by atoms with Gasteiger partial charge in [0.15, 0.2) is 11.3 Å². The van der Waals surface area contributed by atoms with Gasteiger partial charge in [0.05, 0.1) is 28.1 Å². The number of pyridine rings is 1. The SMILES string of the molecule is CC(C)(C)c1cc(-c2ccc(Cl)c(F)c2)nc2cc(C(=O)N3CCN(C(=O)[C@@H]4CCCC[C@@H]4C(=O)O)CC3(C)C)oc12. The molecule has 1 saturated carbocycles. The Balaban J connectivity index is 1.43. The number of hydrogen-bond donors (Lipinski definition) is 1. The Hall–Kier alpha value is -3.46. The van der Waals surface area contributed by atoms with Crippen molar-refractivity contribution in [3.8, 4) is 11.3 Å².